The van der Waals surface area contributed by atoms with Gasteiger partial charge in [0, 0.05) is 24.1 Å². The highest BCUT2D eigenvalue weighted by Gasteiger charge is 2.33. The van der Waals surface area contributed by atoms with Crippen LogP contribution in [0.25, 0.3) is 11.0 Å². The monoisotopic (exact) mass is 332 g/mol. The van der Waals surface area contributed by atoms with Gasteiger partial charge in [-0.25, -0.2) is 4.79 Å². The van der Waals surface area contributed by atoms with Crippen molar-refractivity contribution in [2.45, 2.75) is 19.2 Å². The van der Waals surface area contributed by atoms with Crippen molar-refractivity contribution in [2.24, 2.45) is 0 Å². The predicted octanol–water partition coefficient (Wildman–Crippen LogP) is 2.59. The van der Waals surface area contributed by atoms with E-state index in [1.54, 1.807) is 6.92 Å². The van der Waals surface area contributed by atoms with Gasteiger partial charge in [-0.2, -0.15) is 13.2 Å². The van der Waals surface area contributed by atoms with Crippen LogP contribution in [0.2, 0.25) is 0 Å². The summed E-state index contributed by atoms with van der Waals surface area (Å²) in [6.45, 7) is 2.20. The Bertz CT molecular complexity index is 723. The highest BCUT2D eigenvalue weighted by atomic mass is 19.4. The number of aliphatic hydroxyl groups excluding tert-OH is 1. The number of rotatable bonds is 6. The Morgan fingerprint density at radius 3 is 2.65 bits per heavy atom. The van der Waals surface area contributed by atoms with Gasteiger partial charge >= 0.3 is 11.8 Å². The minimum Gasteiger partial charge on any atom is -0.491 e. The molecule has 1 aromatic heterocycles. The summed E-state index contributed by atoms with van der Waals surface area (Å²) in [5.74, 6) is 0.176. The molecule has 0 unspecified atom stereocenters. The number of fused-ring (bicyclic) bond motifs is 1. The Hall–Kier alpha value is -2.06. The lowest BCUT2D eigenvalue weighted by atomic mass is 10.1. The summed E-state index contributed by atoms with van der Waals surface area (Å²) < 4.78 is 53.8. The third-order valence-electron chi connectivity index (χ3n) is 2.98. The van der Waals surface area contributed by atoms with Crippen LogP contribution in [-0.4, -0.2) is 31.0 Å². The van der Waals surface area contributed by atoms with Crippen LogP contribution in [-0.2, 0) is 10.9 Å². The third kappa shape index (κ3) is 4.46. The van der Waals surface area contributed by atoms with Crippen molar-refractivity contribution in [3.63, 3.8) is 0 Å². The van der Waals surface area contributed by atoms with E-state index in [9.17, 15) is 23.1 Å². The normalized spacial score (nSPS) is 13.3. The maximum Gasteiger partial charge on any atom is 0.417 e. The van der Waals surface area contributed by atoms with Crippen molar-refractivity contribution in [1.29, 1.82) is 0 Å². The fourth-order valence-electron chi connectivity index (χ4n) is 1.96. The van der Waals surface area contributed by atoms with Gasteiger partial charge in [-0.1, -0.05) is 0 Å². The van der Waals surface area contributed by atoms with Crippen LogP contribution >= 0.6 is 0 Å². The molecular weight excluding hydrogens is 317 g/mol. The van der Waals surface area contributed by atoms with E-state index in [1.165, 1.54) is 12.1 Å². The highest BCUT2D eigenvalue weighted by Crippen LogP contribution is 2.34. The van der Waals surface area contributed by atoms with E-state index in [0.29, 0.717) is 12.7 Å². The van der Waals surface area contributed by atoms with Gasteiger partial charge in [-0.15, -0.1) is 0 Å². The minimum absolute atomic E-state index is 0.0807. The zero-order valence-corrected chi connectivity index (χ0v) is 12.2. The lowest BCUT2D eigenvalue weighted by Gasteiger charge is -2.13. The molecule has 0 aliphatic carbocycles. The average Bonchev–Trinajstić information content (AvgIpc) is 2.48. The fourth-order valence-corrected chi connectivity index (χ4v) is 1.96. The zero-order valence-electron chi connectivity index (χ0n) is 12.2. The molecule has 1 aromatic carbocycles. The van der Waals surface area contributed by atoms with Crippen LogP contribution in [0, 0.1) is 0 Å². The Morgan fingerprint density at radius 1 is 1.26 bits per heavy atom. The molecule has 0 bridgehead atoms. The first-order valence-corrected chi connectivity index (χ1v) is 6.85. The van der Waals surface area contributed by atoms with Crippen LogP contribution < -0.4 is 10.4 Å². The number of halogens is 3. The van der Waals surface area contributed by atoms with Crippen LogP contribution in [0.1, 0.15) is 12.5 Å². The predicted molar refractivity (Wildman–Crippen MR) is 75.5 cm³/mol. The van der Waals surface area contributed by atoms with Gasteiger partial charge in [0.2, 0.25) is 0 Å². The van der Waals surface area contributed by atoms with Gasteiger partial charge in [-0.05, 0) is 19.1 Å². The summed E-state index contributed by atoms with van der Waals surface area (Å²) in [5, 5.41) is 9.34. The number of benzene rings is 1. The number of ether oxygens (including phenoxy) is 2. The molecule has 2 rings (SSSR count). The summed E-state index contributed by atoms with van der Waals surface area (Å²) in [7, 11) is 0. The first-order valence-electron chi connectivity index (χ1n) is 6.85. The Labute approximate surface area is 129 Å². The van der Waals surface area contributed by atoms with Crippen LogP contribution in [0.3, 0.4) is 0 Å². The number of aliphatic hydroxyl groups is 1. The van der Waals surface area contributed by atoms with Gasteiger partial charge in [0.05, 0.1) is 12.2 Å². The van der Waals surface area contributed by atoms with Crippen LogP contribution in [0.4, 0.5) is 13.2 Å². The molecular formula is C15H15F3O5. The van der Waals surface area contributed by atoms with Gasteiger partial charge in [0.1, 0.15) is 24.0 Å². The van der Waals surface area contributed by atoms with E-state index in [-0.39, 0.29) is 29.9 Å². The van der Waals surface area contributed by atoms with E-state index in [0.717, 1.165) is 6.07 Å². The summed E-state index contributed by atoms with van der Waals surface area (Å²) in [6.07, 6.45) is -5.54. The largest absolute Gasteiger partial charge is 0.491 e. The fraction of sp³-hybridized carbons (Fsp3) is 0.400. The van der Waals surface area contributed by atoms with Gasteiger partial charge in [0.15, 0.2) is 0 Å². The molecule has 0 aliphatic rings. The SMILES string of the molecule is CCOC[C@@H](O)COc1ccc2c(C(F)(F)F)cc(=O)oc2c1. The molecule has 0 aliphatic heterocycles. The third-order valence-corrected chi connectivity index (χ3v) is 2.98. The van der Waals surface area contributed by atoms with E-state index in [2.05, 4.69) is 0 Å². The zero-order chi connectivity index (χ0) is 17.0. The molecule has 0 saturated heterocycles. The van der Waals surface area contributed by atoms with E-state index >= 15 is 0 Å². The molecule has 126 valence electrons. The number of hydrogen-bond acceptors (Lipinski definition) is 5. The smallest absolute Gasteiger partial charge is 0.417 e. The van der Waals surface area contributed by atoms with E-state index < -0.39 is 23.5 Å². The topological polar surface area (TPSA) is 68.9 Å². The van der Waals surface area contributed by atoms with Crippen molar-refractivity contribution in [3.8, 4) is 5.75 Å². The average molecular weight is 332 g/mol. The summed E-state index contributed by atoms with van der Waals surface area (Å²) in [4.78, 5) is 11.3. The quantitative estimate of drug-likeness (QED) is 0.824. The lowest BCUT2D eigenvalue weighted by molar-refractivity contribution is -0.136. The Morgan fingerprint density at radius 2 is 2.00 bits per heavy atom. The van der Waals surface area contributed by atoms with Gasteiger partial charge in [-0.3, -0.25) is 0 Å². The maximum absolute atomic E-state index is 12.9. The molecule has 1 atom stereocenters. The van der Waals surface area contributed by atoms with E-state index in [1.807, 2.05) is 0 Å². The molecule has 0 radical (unpaired) electrons. The van der Waals surface area contributed by atoms with Crippen molar-refractivity contribution >= 4 is 11.0 Å². The second-order valence-corrected chi connectivity index (χ2v) is 4.76. The van der Waals surface area contributed by atoms with Gasteiger partial charge < -0.3 is 19.0 Å². The van der Waals surface area contributed by atoms with Crippen LogP contribution in [0.15, 0.2) is 33.5 Å². The Kier molecular flexibility index (Phi) is 5.27. The standard InChI is InChI=1S/C15H15F3O5/c1-2-21-7-9(19)8-22-10-3-4-11-12(15(16,17)18)6-14(20)23-13(11)5-10/h3-6,9,19H,2,7-8H2,1H3/t9-/m1/s1. The second kappa shape index (κ2) is 7.01. The molecule has 5 nitrogen and oxygen atoms in total. The van der Waals surface area contributed by atoms with E-state index in [4.69, 9.17) is 13.9 Å². The minimum atomic E-state index is -4.66. The van der Waals surface area contributed by atoms with Crippen molar-refractivity contribution in [1.82, 2.24) is 0 Å². The molecule has 0 saturated carbocycles. The second-order valence-electron chi connectivity index (χ2n) is 4.76. The Balaban J connectivity index is 2.24. The maximum atomic E-state index is 12.9. The first kappa shape index (κ1) is 17.3. The molecule has 1 heterocycles. The van der Waals surface area contributed by atoms with Crippen LogP contribution in [0.5, 0.6) is 5.75 Å². The molecule has 23 heavy (non-hydrogen) atoms. The molecule has 0 fully saturated rings. The highest BCUT2D eigenvalue weighted by molar-refractivity contribution is 5.82. The molecule has 8 heteroatoms. The first-order chi connectivity index (χ1) is 10.8. The summed E-state index contributed by atoms with van der Waals surface area (Å²) in [5.41, 5.74) is -2.40. The number of alkyl halides is 3. The summed E-state index contributed by atoms with van der Waals surface area (Å²) in [6, 6.07) is 4.06. The number of hydrogen-bond donors (Lipinski definition) is 1. The molecule has 1 N–H and O–H groups in total. The van der Waals surface area contributed by atoms with Crippen molar-refractivity contribution in [3.05, 3.63) is 40.2 Å². The summed E-state index contributed by atoms with van der Waals surface area (Å²) >= 11 is 0. The molecule has 2 aromatic rings. The van der Waals surface area contributed by atoms with Crippen molar-refractivity contribution in [2.75, 3.05) is 19.8 Å². The molecule has 0 spiro atoms. The molecule has 0 amide bonds. The van der Waals surface area contributed by atoms with Crippen molar-refractivity contribution < 1.29 is 32.2 Å². The lowest BCUT2D eigenvalue weighted by Crippen LogP contribution is -2.23. The van der Waals surface area contributed by atoms with Gasteiger partial charge in [0.25, 0.3) is 0 Å².